The molecule has 2 heterocycles. The van der Waals surface area contributed by atoms with Gasteiger partial charge in [0.05, 0.1) is 12.5 Å². The lowest BCUT2D eigenvalue weighted by atomic mass is 9.69. The van der Waals surface area contributed by atoms with Crippen LogP contribution in [-0.4, -0.2) is 31.8 Å². The van der Waals surface area contributed by atoms with Gasteiger partial charge in [0, 0.05) is 32.0 Å². The van der Waals surface area contributed by atoms with Crippen molar-refractivity contribution in [2.24, 2.45) is 7.05 Å². The predicted octanol–water partition coefficient (Wildman–Crippen LogP) is 2.54. The maximum Gasteiger partial charge on any atom is 0.264 e. The molecular weight excluding hydrogens is 366 g/mol. The van der Waals surface area contributed by atoms with Crippen LogP contribution >= 0.6 is 0 Å². The lowest BCUT2D eigenvalue weighted by molar-refractivity contribution is -0.121. The summed E-state index contributed by atoms with van der Waals surface area (Å²) in [5, 5.41) is 7.68. The zero-order valence-electron chi connectivity index (χ0n) is 16.8. The van der Waals surface area contributed by atoms with E-state index in [-0.39, 0.29) is 23.3 Å². The number of nitrogens with one attached hydrogen (secondary N) is 1. The number of carbonyl (C=O) groups excluding carboxylic acids is 1. The molecule has 1 aromatic carbocycles. The number of aryl methyl sites for hydroxylation is 2. The van der Waals surface area contributed by atoms with Crippen molar-refractivity contribution < 1.29 is 4.79 Å². The number of nitrogens with zero attached hydrogens (tertiary/aromatic N) is 4. The third kappa shape index (κ3) is 3.95. The molecule has 0 aliphatic heterocycles. The summed E-state index contributed by atoms with van der Waals surface area (Å²) in [7, 11) is 1.75. The van der Waals surface area contributed by atoms with Gasteiger partial charge in [-0.25, -0.2) is 4.98 Å². The summed E-state index contributed by atoms with van der Waals surface area (Å²) >= 11 is 0. The molecule has 7 nitrogen and oxygen atoms in total. The molecule has 0 atom stereocenters. The molecule has 1 fully saturated rings. The van der Waals surface area contributed by atoms with Crippen molar-refractivity contribution in [2.45, 2.75) is 50.5 Å². The fourth-order valence-corrected chi connectivity index (χ4v) is 4.39. The van der Waals surface area contributed by atoms with E-state index in [2.05, 4.69) is 39.7 Å². The topological polar surface area (TPSA) is 81.8 Å². The summed E-state index contributed by atoms with van der Waals surface area (Å²) in [5.41, 5.74) is 1.71. The monoisotopic (exact) mass is 393 g/mol. The van der Waals surface area contributed by atoms with Crippen molar-refractivity contribution in [2.75, 3.05) is 6.54 Å². The van der Waals surface area contributed by atoms with Crippen LogP contribution in [-0.2, 0) is 23.8 Å². The Morgan fingerprint density at radius 2 is 1.93 bits per heavy atom. The van der Waals surface area contributed by atoms with Crippen LogP contribution in [0.25, 0.3) is 11.0 Å². The van der Waals surface area contributed by atoms with Gasteiger partial charge < -0.3 is 5.32 Å². The SMILES string of the molecule is Cn1ncc2c(=O)n(CCC(=O)NCC3(c4ccccc4)CCCCC3)cnc21. The molecule has 1 aliphatic rings. The fraction of sp³-hybridized carbons (Fsp3) is 0.455. The first-order chi connectivity index (χ1) is 14.1. The molecule has 1 N–H and O–H groups in total. The van der Waals surface area contributed by atoms with E-state index in [1.54, 1.807) is 11.7 Å². The molecule has 3 aromatic rings. The molecule has 2 aromatic heterocycles. The van der Waals surface area contributed by atoms with Crippen LogP contribution in [0, 0.1) is 0 Å². The Kier molecular flexibility index (Phi) is 5.47. The van der Waals surface area contributed by atoms with Crippen LogP contribution in [0.1, 0.15) is 44.1 Å². The fourth-order valence-electron chi connectivity index (χ4n) is 4.39. The van der Waals surface area contributed by atoms with Crippen molar-refractivity contribution in [3.63, 3.8) is 0 Å². The summed E-state index contributed by atoms with van der Waals surface area (Å²) in [5.74, 6) is -0.0379. The van der Waals surface area contributed by atoms with E-state index in [4.69, 9.17) is 0 Å². The van der Waals surface area contributed by atoms with Gasteiger partial charge in [0.1, 0.15) is 5.39 Å². The van der Waals surface area contributed by atoms with Crippen LogP contribution in [0.5, 0.6) is 0 Å². The third-order valence-corrected chi connectivity index (χ3v) is 6.12. The lowest BCUT2D eigenvalue weighted by Crippen LogP contribution is -2.42. The number of hydrogen-bond donors (Lipinski definition) is 1. The maximum atomic E-state index is 12.5. The number of rotatable bonds is 6. The number of carbonyl (C=O) groups is 1. The van der Waals surface area contributed by atoms with Crippen molar-refractivity contribution in [3.05, 3.63) is 58.8 Å². The second-order valence-corrected chi connectivity index (χ2v) is 7.98. The van der Waals surface area contributed by atoms with Crippen LogP contribution in [0.2, 0.25) is 0 Å². The highest BCUT2D eigenvalue weighted by Crippen LogP contribution is 2.38. The Bertz CT molecular complexity index is 1050. The van der Waals surface area contributed by atoms with Gasteiger partial charge in [0.15, 0.2) is 5.65 Å². The minimum atomic E-state index is -0.163. The quantitative estimate of drug-likeness (QED) is 0.698. The Morgan fingerprint density at radius 1 is 1.17 bits per heavy atom. The minimum absolute atomic E-state index is 0.0161. The maximum absolute atomic E-state index is 12.5. The van der Waals surface area contributed by atoms with Crippen LogP contribution in [0.3, 0.4) is 0 Å². The van der Waals surface area contributed by atoms with Crippen LogP contribution in [0.4, 0.5) is 0 Å². The van der Waals surface area contributed by atoms with Gasteiger partial charge >= 0.3 is 0 Å². The molecule has 0 spiro atoms. The van der Waals surface area contributed by atoms with Crippen LogP contribution in [0.15, 0.2) is 47.7 Å². The van der Waals surface area contributed by atoms with Crippen molar-refractivity contribution in [1.82, 2.24) is 24.6 Å². The number of hydrogen-bond acceptors (Lipinski definition) is 4. The molecule has 4 rings (SSSR count). The summed E-state index contributed by atoms with van der Waals surface area (Å²) in [6, 6.07) is 10.5. The van der Waals surface area contributed by atoms with Crippen molar-refractivity contribution >= 4 is 16.9 Å². The van der Waals surface area contributed by atoms with E-state index in [1.165, 1.54) is 41.9 Å². The third-order valence-electron chi connectivity index (χ3n) is 6.12. The Balaban J connectivity index is 1.40. The first-order valence-corrected chi connectivity index (χ1v) is 10.3. The van der Waals surface area contributed by atoms with Gasteiger partial charge in [-0.15, -0.1) is 0 Å². The number of benzene rings is 1. The van der Waals surface area contributed by atoms with Gasteiger partial charge in [-0.3, -0.25) is 18.8 Å². The summed E-state index contributed by atoms with van der Waals surface area (Å²) < 4.78 is 3.05. The summed E-state index contributed by atoms with van der Waals surface area (Å²) in [4.78, 5) is 29.4. The Morgan fingerprint density at radius 3 is 2.69 bits per heavy atom. The second-order valence-electron chi connectivity index (χ2n) is 7.98. The van der Waals surface area contributed by atoms with Gasteiger partial charge in [-0.1, -0.05) is 49.6 Å². The highest BCUT2D eigenvalue weighted by atomic mass is 16.2. The second kappa shape index (κ2) is 8.19. The average Bonchev–Trinajstić information content (AvgIpc) is 3.15. The van der Waals surface area contributed by atoms with E-state index < -0.39 is 0 Å². The van der Waals surface area contributed by atoms with Crippen LogP contribution < -0.4 is 10.9 Å². The van der Waals surface area contributed by atoms with Gasteiger partial charge in [-0.2, -0.15) is 5.10 Å². The van der Waals surface area contributed by atoms with E-state index in [0.29, 0.717) is 24.1 Å². The molecule has 152 valence electrons. The first-order valence-electron chi connectivity index (χ1n) is 10.3. The van der Waals surface area contributed by atoms with Gasteiger partial charge in [-0.05, 0) is 18.4 Å². The summed E-state index contributed by atoms with van der Waals surface area (Å²) in [6.07, 6.45) is 9.10. The largest absolute Gasteiger partial charge is 0.355 e. The molecule has 0 radical (unpaired) electrons. The smallest absolute Gasteiger partial charge is 0.264 e. The average molecular weight is 393 g/mol. The molecule has 7 heteroatoms. The van der Waals surface area contributed by atoms with Crippen molar-refractivity contribution in [3.8, 4) is 0 Å². The summed E-state index contributed by atoms with van der Waals surface area (Å²) in [6.45, 7) is 0.950. The lowest BCUT2D eigenvalue weighted by Gasteiger charge is -2.38. The van der Waals surface area contributed by atoms with E-state index in [0.717, 1.165) is 12.8 Å². The Hall–Kier alpha value is -2.96. The number of fused-ring (bicyclic) bond motifs is 1. The normalized spacial score (nSPS) is 16.0. The molecule has 29 heavy (non-hydrogen) atoms. The molecular formula is C22H27N5O2. The molecule has 0 unspecified atom stereocenters. The van der Waals surface area contributed by atoms with E-state index in [9.17, 15) is 9.59 Å². The van der Waals surface area contributed by atoms with E-state index in [1.807, 2.05) is 6.07 Å². The molecule has 0 bridgehead atoms. The first kappa shape index (κ1) is 19.4. The molecule has 1 saturated carbocycles. The van der Waals surface area contributed by atoms with E-state index >= 15 is 0 Å². The zero-order chi connectivity index (χ0) is 20.3. The molecule has 1 aliphatic carbocycles. The highest BCUT2D eigenvalue weighted by Gasteiger charge is 2.34. The van der Waals surface area contributed by atoms with Crippen molar-refractivity contribution in [1.29, 1.82) is 0 Å². The standard InChI is InChI=1S/C22H27N5O2/c1-26-20-18(14-25-26)21(29)27(16-24-20)13-10-19(28)23-15-22(11-6-3-7-12-22)17-8-4-2-5-9-17/h2,4-5,8-9,14,16H,3,6-7,10-13,15H2,1H3,(H,23,28). The van der Waals surface area contributed by atoms with Gasteiger partial charge in [0.2, 0.25) is 5.91 Å². The number of aromatic nitrogens is 4. The Labute approximate surface area is 169 Å². The zero-order valence-corrected chi connectivity index (χ0v) is 16.8. The molecule has 1 amide bonds. The number of amides is 1. The highest BCUT2D eigenvalue weighted by molar-refractivity contribution is 5.76. The predicted molar refractivity (Wildman–Crippen MR) is 112 cm³/mol. The molecule has 0 saturated heterocycles. The van der Waals surface area contributed by atoms with Gasteiger partial charge in [0.25, 0.3) is 5.56 Å². The minimum Gasteiger partial charge on any atom is -0.355 e.